The van der Waals surface area contributed by atoms with Crippen LogP contribution < -0.4 is 5.32 Å². The number of nitrogens with one attached hydrogen (secondary N) is 2. The number of anilines is 1. The second-order valence-corrected chi connectivity index (χ2v) is 8.00. The van der Waals surface area contributed by atoms with E-state index in [2.05, 4.69) is 20.3 Å². The van der Waals surface area contributed by atoms with Crippen LogP contribution in [0.25, 0.3) is 22.3 Å². The minimum atomic E-state index is -1.01. The van der Waals surface area contributed by atoms with Crippen LogP contribution in [0.3, 0.4) is 0 Å². The van der Waals surface area contributed by atoms with Gasteiger partial charge in [-0.2, -0.15) is 0 Å². The van der Waals surface area contributed by atoms with E-state index in [4.69, 9.17) is 16.7 Å². The van der Waals surface area contributed by atoms with E-state index in [9.17, 15) is 13.6 Å². The zero-order valence-electron chi connectivity index (χ0n) is 15.5. The van der Waals surface area contributed by atoms with E-state index >= 15 is 0 Å². The topological polar surface area (TPSA) is 90.9 Å². The summed E-state index contributed by atoms with van der Waals surface area (Å²) >= 11 is 5.94. The van der Waals surface area contributed by atoms with Crippen LogP contribution in [0.5, 0.6) is 0 Å². The lowest BCUT2D eigenvalue weighted by Gasteiger charge is -2.30. The molecule has 2 aromatic heterocycles. The molecule has 0 saturated carbocycles. The maximum Gasteiger partial charge on any atom is 0.305 e. The summed E-state index contributed by atoms with van der Waals surface area (Å²) in [5, 5.41) is 12.7. The number of halogens is 3. The van der Waals surface area contributed by atoms with Gasteiger partial charge in [-0.05, 0) is 17.5 Å². The highest BCUT2D eigenvalue weighted by Gasteiger charge is 2.28. The first-order valence-electron chi connectivity index (χ1n) is 8.53. The highest BCUT2D eigenvalue weighted by atomic mass is 35.5. The Hall–Kier alpha value is -2.74. The number of hydrogen-bond donors (Lipinski definition) is 3. The molecule has 3 aromatic rings. The van der Waals surface area contributed by atoms with E-state index in [1.165, 1.54) is 12.3 Å². The normalized spacial score (nSPS) is 12.9. The SMILES string of the molecule is CC(C)(C)C(CC(=O)O)Nc1nc(-c2c[nH]c3c(F)cc(Cl)cc23)ncc1F. The van der Waals surface area contributed by atoms with Crippen molar-refractivity contribution in [2.45, 2.75) is 33.2 Å². The lowest BCUT2D eigenvalue weighted by Crippen LogP contribution is -2.36. The van der Waals surface area contributed by atoms with Crippen LogP contribution in [0, 0.1) is 17.0 Å². The molecule has 0 spiro atoms. The number of nitrogens with zero attached hydrogens (tertiary/aromatic N) is 2. The Labute approximate surface area is 165 Å². The first-order chi connectivity index (χ1) is 13.1. The Bertz CT molecular complexity index is 1050. The number of fused-ring (bicyclic) bond motifs is 1. The molecule has 28 heavy (non-hydrogen) atoms. The quantitative estimate of drug-likeness (QED) is 0.561. The zero-order chi connectivity index (χ0) is 20.6. The fourth-order valence-corrected chi connectivity index (χ4v) is 3.06. The molecule has 0 radical (unpaired) electrons. The van der Waals surface area contributed by atoms with Gasteiger partial charge < -0.3 is 15.4 Å². The maximum absolute atomic E-state index is 14.3. The van der Waals surface area contributed by atoms with E-state index in [1.54, 1.807) is 6.07 Å². The molecule has 0 aliphatic carbocycles. The molecule has 0 amide bonds. The van der Waals surface area contributed by atoms with Gasteiger partial charge in [0, 0.05) is 28.2 Å². The third-order valence-corrected chi connectivity index (χ3v) is 4.64. The number of hydrogen-bond acceptors (Lipinski definition) is 4. The lowest BCUT2D eigenvalue weighted by atomic mass is 9.85. The van der Waals surface area contributed by atoms with Crippen molar-refractivity contribution in [1.29, 1.82) is 0 Å². The van der Waals surface area contributed by atoms with Gasteiger partial charge in [0.15, 0.2) is 17.5 Å². The number of benzene rings is 1. The fraction of sp³-hybridized carbons (Fsp3) is 0.316. The number of aliphatic carboxylic acids is 1. The first-order valence-corrected chi connectivity index (χ1v) is 8.91. The van der Waals surface area contributed by atoms with Crippen molar-refractivity contribution in [1.82, 2.24) is 15.0 Å². The summed E-state index contributed by atoms with van der Waals surface area (Å²) in [7, 11) is 0. The molecule has 0 bridgehead atoms. The summed E-state index contributed by atoms with van der Waals surface area (Å²) < 4.78 is 28.4. The average molecular weight is 409 g/mol. The smallest absolute Gasteiger partial charge is 0.305 e. The number of aromatic nitrogens is 3. The maximum atomic E-state index is 14.3. The van der Waals surface area contributed by atoms with Gasteiger partial charge in [0.05, 0.1) is 18.1 Å². The van der Waals surface area contributed by atoms with Gasteiger partial charge in [-0.15, -0.1) is 0 Å². The number of H-pyrrole nitrogens is 1. The number of carboxylic acids is 1. The van der Waals surface area contributed by atoms with Gasteiger partial charge in [-0.1, -0.05) is 32.4 Å². The van der Waals surface area contributed by atoms with Crippen molar-refractivity contribution >= 4 is 34.3 Å². The Morgan fingerprint density at radius 3 is 2.68 bits per heavy atom. The molecule has 6 nitrogen and oxygen atoms in total. The van der Waals surface area contributed by atoms with Crippen molar-refractivity contribution in [2.24, 2.45) is 5.41 Å². The van der Waals surface area contributed by atoms with Crippen molar-refractivity contribution in [3.63, 3.8) is 0 Å². The predicted molar refractivity (Wildman–Crippen MR) is 103 cm³/mol. The lowest BCUT2D eigenvalue weighted by molar-refractivity contribution is -0.137. The summed E-state index contributed by atoms with van der Waals surface area (Å²) in [6, 6.07) is 2.17. The Morgan fingerprint density at radius 1 is 1.32 bits per heavy atom. The van der Waals surface area contributed by atoms with Crippen LogP contribution in [-0.4, -0.2) is 32.1 Å². The minimum absolute atomic E-state index is 0.122. The predicted octanol–water partition coefficient (Wildman–Crippen LogP) is 4.86. The molecule has 148 valence electrons. The van der Waals surface area contributed by atoms with E-state index in [-0.39, 0.29) is 28.6 Å². The zero-order valence-corrected chi connectivity index (χ0v) is 16.2. The largest absolute Gasteiger partial charge is 0.481 e. The number of carbonyl (C=O) groups is 1. The van der Waals surface area contributed by atoms with Gasteiger partial charge in [0.2, 0.25) is 0 Å². The first kappa shape index (κ1) is 20.0. The summed E-state index contributed by atoms with van der Waals surface area (Å²) in [6.45, 7) is 5.54. The molecule has 0 saturated heterocycles. The Morgan fingerprint density at radius 2 is 2.04 bits per heavy atom. The van der Waals surface area contributed by atoms with E-state index in [0.717, 1.165) is 6.20 Å². The third kappa shape index (κ3) is 4.06. The summed E-state index contributed by atoms with van der Waals surface area (Å²) in [6.07, 6.45) is 2.29. The van der Waals surface area contributed by atoms with Gasteiger partial charge in [-0.25, -0.2) is 18.7 Å². The molecule has 0 aliphatic heterocycles. The summed E-state index contributed by atoms with van der Waals surface area (Å²) in [5.74, 6) is -2.22. The van der Waals surface area contributed by atoms with Crippen LogP contribution in [0.2, 0.25) is 5.02 Å². The van der Waals surface area contributed by atoms with Crippen LogP contribution in [-0.2, 0) is 4.79 Å². The second-order valence-electron chi connectivity index (χ2n) is 7.56. The highest BCUT2D eigenvalue weighted by Crippen LogP contribution is 2.32. The minimum Gasteiger partial charge on any atom is -0.481 e. The highest BCUT2D eigenvalue weighted by molar-refractivity contribution is 6.31. The van der Waals surface area contributed by atoms with Gasteiger partial charge in [-0.3, -0.25) is 4.79 Å². The van der Waals surface area contributed by atoms with Crippen LogP contribution in [0.15, 0.2) is 24.5 Å². The molecule has 1 aromatic carbocycles. The molecule has 9 heteroatoms. The van der Waals surface area contributed by atoms with E-state index < -0.39 is 29.1 Å². The standard InChI is InChI=1S/C19H19ClF2N4O2/c1-19(2,3)14(6-15(27)28)25-18-13(22)8-24-17(26-18)11-7-23-16-10(11)4-9(20)5-12(16)21/h4-5,7-8,14,23H,6H2,1-3H3,(H,27,28)(H,24,25,26). The molecular formula is C19H19ClF2N4O2. The van der Waals surface area contributed by atoms with E-state index in [0.29, 0.717) is 10.9 Å². The van der Waals surface area contributed by atoms with Crippen LogP contribution in [0.4, 0.5) is 14.6 Å². The molecule has 1 unspecified atom stereocenters. The molecule has 2 heterocycles. The van der Waals surface area contributed by atoms with Crippen molar-refractivity contribution in [3.8, 4) is 11.4 Å². The van der Waals surface area contributed by atoms with Gasteiger partial charge in [0.25, 0.3) is 0 Å². The molecular weight excluding hydrogens is 390 g/mol. The number of aromatic amines is 1. The summed E-state index contributed by atoms with van der Waals surface area (Å²) in [4.78, 5) is 22.2. The van der Waals surface area contributed by atoms with E-state index in [1.807, 2.05) is 20.8 Å². The molecule has 0 aliphatic rings. The van der Waals surface area contributed by atoms with Crippen molar-refractivity contribution < 1.29 is 18.7 Å². The monoisotopic (exact) mass is 408 g/mol. The van der Waals surface area contributed by atoms with Crippen LogP contribution in [0.1, 0.15) is 27.2 Å². The van der Waals surface area contributed by atoms with Gasteiger partial charge in [0.1, 0.15) is 5.82 Å². The van der Waals surface area contributed by atoms with Gasteiger partial charge >= 0.3 is 5.97 Å². The number of rotatable bonds is 5. The second kappa shape index (κ2) is 7.35. The molecule has 0 fully saturated rings. The Balaban J connectivity index is 2.04. The average Bonchev–Trinajstić information content (AvgIpc) is 2.99. The number of carboxylic acid groups (broad SMARTS) is 1. The Kier molecular flexibility index (Phi) is 5.25. The molecule has 3 rings (SSSR count). The molecule has 3 N–H and O–H groups in total. The van der Waals surface area contributed by atoms with Crippen molar-refractivity contribution in [2.75, 3.05) is 5.32 Å². The van der Waals surface area contributed by atoms with Crippen molar-refractivity contribution in [3.05, 3.63) is 41.2 Å². The summed E-state index contributed by atoms with van der Waals surface area (Å²) in [5.41, 5.74) is 0.221. The molecule has 1 atom stereocenters. The van der Waals surface area contributed by atoms with Crippen LogP contribution >= 0.6 is 11.6 Å². The third-order valence-electron chi connectivity index (χ3n) is 4.43. The fourth-order valence-electron chi connectivity index (χ4n) is 2.85.